The molecule has 3 aromatic rings. The molecule has 3 nitrogen and oxygen atoms in total. The van der Waals surface area contributed by atoms with E-state index in [9.17, 15) is 18.0 Å². The molecule has 1 aliphatic heterocycles. The summed E-state index contributed by atoms with van der Waals surface area (Å²) in [5.41, 5.74) is 0.883. The van der Waals surface area contributed by atoms with Crippen LogP contribution in [0.2, 0.25) is 5.02 Å². The van der Waals surface area contributed by atoms with Gasteiger partial charge in [0, 0.05) is 5.56 Å². The highest BCUT2D eigenvalue weighted by molar-refractivity contribution is 6.32. The molecule has 0 atom stereocenters. The Bertz CT molecular complexity index is 1120. The number of cyclic esters (lactones) is 1. The summed E-state index contributed by atoms with van der Waals surface area (Å²) in [6.45, 7) is 0. The van der Waals surface area contributed by atoms with Crippen LogP contribution >= 0.6 is 11.6 Å². The van der Waals surface area contributed by atoms with Gasteiger partial charge in [0.1, 0.15) is 17.3 Å². The number of benzene rings is 3. The number of fused-ring (bicyclic) bond motifs is 1. The van der Waals surface area contributed by atoms with Crippen LogP contribution in [-0.2, 0) is 10.9 Å². The minimum Gasteiger partial charge on any atom is -0.456 e. The smallest absolute Gasteiger partial charge is 0.416 e. The average molecular weight is 417 g/mol. The van der Waals surface area contributed by atoms with Crippen molar-refractivity contribution in [3.8, 4) is 11.5 Å². The van der Waals surface area contributed by atoms with Crippen molar-refractivity contribution in [1.82, 2.24) is 0 Å². The molecule has 0 radical (unpaired) electrons. The van der Waals surface area contributed by atoms with Gasteiger partial charge in [-0.25, -0.2) is 4.79 Å². The van der Waals surface area contributed by atoms with Crippen LogP contribution in [0.4, 0.5) is 13.2 Å². The third-order valence-electron chi connectivity index (χ3n) is 4.26. The summed E-state index contributed by atoms with van der Waals surface area (Å²) in [6, 6.07) is 16.8. The zero-order valence-corrected chi connectivity index (χ0v) is 15.4. The fraction of sp³-hybridized carbons (Fsp3) is 0.0455. The van der Waals surface area contributed by atoms with Gasteiger partial charge in [-0.3, -0.25) is 0 Å². The highest BCUT2D eigenvalue weighted by Gasteiger charge is 2.31. The third kappa shape index (κ3) is 3.98. The second-order valence-corrected chi connectivity index (χ2v) is 6.67. The molecule has 0 fully saturated rings. The van der Waals surface area contributed by atoms with Crippen LogP contribution in [-0.4, -0.2) is 5.97 Å². The van der Waals surface area contributed by atoms with Crippen LogP contribution in [0.15, 0.2) is 66.7 Å². The topological polar surface area (TPSA) is 35.5 Å². The lowest BCUT2D eigenvalue weighted by Crippen LogP contribution is -2.04. The first kappa shape index (κ1) is 19.1. The van der Waals surface area contributed by atoms with Crippen molar-refractivity contribution in [2.45, 2.75) is 6.18 Å². The molecule has 0 amide bonds. The highest BCUT2D eigenvalue weighted by atomic mass is 35.5. The second-order valence-electron chi connectivity index (χ2n) is 6.26. The first-order valence-electron chi connectivity index (χ1n) is 8.49. The summed E-state index contributed by atoms with van der Waals surface area (Å²) in [5, 5.41) is -0.173. The number of esters is 1. The lowest BCUT2D eigenvalue weighted by atomic mass is 10.1. The number of carbonyl (C=O) groups is 1. The number of hydrogen-bond acceptors (Lipinski definition) is 3. The van der Waals surface area contributed by atoms with Gasteiger partial charge in [0.05, 0.1) is 16.1 Å². The van der Waals surface area contributed by atoms with E-state index in [2.05, 4.69) is 0 Å². The van der Waals surface area contributed by atoms with Crippen LogP contribution in [0.1, 0.15) is 27.0 Å². The Kier molecular flexibility index (Phi) is 4.80. The fourth-order valence-corrected chi connectivity index (χ4v) is 3.09. The fourth-order valence-electron chi connectivity index (χ4n) is 2.87. The number of ether oxygens (including phenoxy) is 2. The third-order valence-corrected chi connectivity index (χ3v) is 4.56. The molecule has 0 unspecified atom stereocenters. The first-order chi connectivity index (χ1) is 13.8. The molecule has 29 heavy (non-hydrogen) atoms. The quantitative estimate of drug-likeness (QED) is 0.439. The van der Waals surface area contributed by atoms with Crippen LogP contribution in [0.25, 0.3) is 11.8 Å². The normalized spacial score (nSPS) is 14.6. The summed E-state index contributed by atoms with van der Waals surface area (Å²) in [4.78, 5) is 12.1. The van der Waals surface area contributed by atoms with E-state index in [0.717, 1.165) is 23.8 Å². The molecular weight excluding hydrogens is 405 g/mol. The van der Waals surface area contributed by atoms with E-state index in [-0.39, 0.29) is 10.8 Å². The Morgan fingerprint density at radius 1 is 0.931 bits per heavy atom. The summed E-state index contributed by atoms with van der Waals surface area (Å²) in [7, 11) is 0. The molecule has 1 heterocycles. The Hall–Kier alpha value is -3.25. The van der Waals surface area contributed by atoms with Crippen molar-refractivity contribution in [2.24, 2.45) is 0 Å². The Morgan fingerprint density at radius 3 is 2.38 bits per heavy atom. The van der Waals surface area contributed by atoms with Crippen molar-refractivity contribution in [3.63, 3.8) is 0 Å². The van der Waals surface area contributed by atoms with Gasteiger partial charge >= 0.3 is 12.1 Å². The minimum absolute atomic E-state index is 0.0680. The molecule has 3 aromatic carbocycles. The Balaban J connectivity index is 1.66. The van der Waals surface area contributed by atoms with E-state index in [0.29, 0.717) is 22.6 Å². The predicted molar refractivity (Wildman–Crippen MR) is 103 cm³/mol. The number of alkyl halides is 3. The molecule has 0 saturated heterocycles. The number of hydrogen-bond donors (Lipinski definition) is 0. The molecule has 7 heteroatoms. The van der Waals surface area contributed by atoms with E-state index in [1.165, 1.54) is 12.1 Å². The zero-order valence-electron chi connectivity index (χ0n) is 14.7. The van der Waals surface area contributed by atoms with Gasteiger partial charge in [0.2, 0.25) is 0 Å². The molecular formula is C22H12ClF3O3. The minimum atomic E-state index is -4.50. The van der Waals surface area contributed by atoms with Crippen LogP contribution in [0.5, 0.6) is 11.5 Å². The van der Waals surface area contributed by atoms with Crippen LogP contribution in [0.3, 0.4) is 0 Å². The largest absolute Gasteiger partial charge is 0.456 e. The zero-order chi connectivity index (χ0) is 20.6. The summed E-state index contributed by atoms with van der Waals surface area (Å²) in [5.74, 6) is 0.252. The predicted octanol–water partition coefficient (Wildman–Crippen LogP) is 6.82. The Morgan fingerprint density at radius 2 is 1.69 bits per heavy atom. The molecule has 0 saturated carbocycles. The molecule has 0 N–H and O–H groups in total. The molecule has 146 valence electrons. The van der Waals surface area contributed by atoms with Gasteiger partial charge in [-0.2, -0.15) is 13.2 Å². The van der Waals surface area contributed by atoms with Crippen molar-refractivity contribution >= 4 is 29.4 Å². The van der Waals surface area contributed by atoms with Gasteiger partial charge in [-0.1, -0.05) is 41.9 Å². The average Bonchev–Trinajstić information content (AvgIpc) is 2.98. The number of carbonyl (C=O) groups excluding carboxylic acids is 1. The van der Waals surface area contributed by atoms with Crippen LogP contribution < -0.4 is 4.74 Å². The van der Waals surface area contributed by atoms with Crippen molar-refractivity contribution < 1.29 is 27.4 Å². The molecule has 0 bridgehead atoms. The monoisotopic (exact) mass is 416 g/mol. The molecule has 1 aliphatic rings. The van der Waals surface area contributed by atoms with Gasteiger partial charge in [0.25, 0.3) is 0 Å². The molecule has 0 aliphatic carbocycles. The first-order valence-corrected chi connectivity index (χ1v) is 8.87. The lowest BCUT2D eigenvalue weighted by Gasteiger charge is -2.11. The van der Waals surface area contributed by atoms with Crippen molar-refractivity contribution in [1.29, 1.82) is 0 Å². The lowest BCUT2D eigenvalue weighted by molar-refractivity contribution is -0.137. The number of rotatable bonds is 3. The van der Waals surface area contributed by atoms with E-state index < -0.39 is 17.7 Å². The van der Waals surface area contributed by atoms with E-state index >= 15 is 0 Å². The summed E-state index contributed by atoms with van der Waals surface area (Å²) < 4.78 is 49.3. The molecule has 0 aromatic heterocycles. The highest BCUT2D eigenvalue weighted by Crippen LogP contribution is 2.38. The van der Waals surface area contributed by atoms with Crippen molar-refractivity contribution in [2.75, 3.05) is 0 Å². The Labute approximate surface area is 168 Å². The SMILES string of the molecule is O=C1OC(=Cc2ccccc2)c2cc(Oc3ccc(C(F)(F)F)cc3Cl)ccc21. The van der Waals surface area contributed by atoms with Gasteiger partial charge < -0.3 is 9.47 Å². The van der Waals surface area contributed by atoms with E-state index in [1.807, 2.05) is 30.3 Å². The van der Waals surface area contributed by atoms with Gasteiger partial charge in [-0.05, 0) is 48.0 Å². The molecule has 0 spiro atoms. The van der Waals surface area contributed by atoms with E-state index in [1.54, 1.807) is 12.1 Å². The van der Waals surface area contributed by atoms with Gasteiger partial charge in [0.15, 0.2) is 0 Å². The van der Waals surface area contributed by atoms with Gasteiger partial charge in [-0.15, -0.1) is 0 Å². The maximum Gasteiger partial charge on any atom is 0.416 e. The van der Waals surface area contributed by atoms with Crippen molar-refractivity contribution in [3.05, 3.63) is 94.0 Å². The number of halogens is 4. The van der Waals surface area contributed by atoms with E-state index in [4.69, 9.17) is 21.1 Å². The standard InChI is InChI=1S/C22H12ClF3O3/c23-18-11-14(22(24,25)26)6-9-19(18)28-15-7-8-16-17(12-15)20(29-21(16)27)10-13-4-2-1-3-5-13/h1-12H. The van der Waals surface area contributed by atoms with Crippen LogP contribution in [0, 0.1) is 0 Å². The molecule has 4 rings (SSSR count). The maximum absolute atomic E-state index is 12.8. The summed E-state index contributed by atoms with van der Waals surface area (Å²) >= 11 is 5.95. The second kappa shape index (κ2) is 7.29. The summed E-state index contributed by atoms with van der Waals surface area (Å²) in [6.07, 6.45) is -2.77. The maximum atomic E-state index is 12.8.